The van der Waals surface area contributed by atoms with E-state index in [9.17, 15) is 4.79 Å². The fourth-order valence-electron chi connectivity index (χ4n) is 2.06. The fraction of sp³-hybridized carbons (Fsp3) is 0.667. The third-order valence-corrected chi connectivity index (χ3v) is 3.05. The van der Waals surface area contributed by atoms with Gasteiger partial charge in [-0.1, -0.05) is 6.92 Å². The predicted molar refractivity (Wildman–Crippen MR) is 68.2 cm³/mol. The molecule has 2 N–H and O–H groups in total. The predicted octanol–water partition coefficient (Wildman–Crippen LogP) is 0.373. The molecule has 6 heteroatoms. The molecule has 1 aromatic rings. The van der Waals surface area contributed by atoms with Gasteiger partial charge < -0.3 is 15.4 Å². The molecule has 1 aliphatic rings. The van der Waals surface area contributed by atoms with E-state index in [1.807, 2.05) is 7.05 Å². The van der Waals surface area contributed by atoms with Crippen molar-refractivity contribution in [3.8, 4) is 0 Å². The molecule has 2 heterocycles. The minimum absolute atomic E-state index is 0.00546. The van der Waals surface area contributed by atoms with E-state index in [1.165, 1.54) is 0 Å². The smallest absolute Gasteiger partial charge is 0.231 e. The summed E-state index contributed by atoms with van der Waals surface area (Å²) in [6, 6.07) is 0.113. The Hall–Kier alpha value is -1.40. The highest BCUT2D eigenvalue weighted by Gasteiger charge is 2.33. The summed E-state index contributed by atoms with van der Waals surface area (Å²) >= 11 is 0. The van der Waals surface area contributed by atoms with E-state index in [1.54, 1.807) is 17.1 Å². The third-order valence-electron chi connectivity index (χ3n) is 3.05. The normalized spacial score (nSPS) is 23.2. The zero-order chi connectivity index (χ0) is 13.0. The Morgan fingerprint density at radius 1 is 1.61 bits per heavy atom. The summed E-state index contributed by atoms with van der Waals surface area (Å²) in [5, 5.41) is 10.2. The summed E-state index contributed by atoms with van der Waals surface area (Å²) in [7, 11) is 1.82. The van der Waals surface area contributed by atoms with E-state index < -0.39 is 0 Å². The first kappa shape index (κ1) is 13.0. The number of nitrogens with one attached hydrogen (secondary N) is 2. The molecule has 0 spiro atoms. The second-order valence-corrected chi connectivity index (χ2v) is 4.60. The molecule has 2 atom stereocenters. The fourth-order valence-corrected chi connectivity index (χ4v) is 2.06. The van der Waals surface area contributed by atoms with Gasteiger partial charge in [0.25, 0.3) is 0 Å². The number of carbonyl (C=O) groups is 1. The second-order valence-electron chi connectivity index (χ2n) is 4.60. The number of hydrogen-bond donors (Lipinski definition) is 2. The first-order chi connectivity index (χ1) is 8.70. The molecule has 0 radical (unpaired) electrons. The molecule has 0 aliphatic carbocycles. The van der Waals surface area contributed by atoms with Crippen LogP contribution in [-0.2, 0) is 16.6 Å². The van der Waals surface area contributed by atoms with Crippen molar-refractivity contribution in [2.24, 2.45) is 13.0 Å². The Morgan fingerprint density at radius 3 is 3.11 bits per heavy atom. The molecular formula is C12H20N4O2. The molecule has 0 saturated carbocycles. The number of amides is 1. The van der Waals surface area contributed by atoms with Crippen molar-refractivity contribution in [2.75, 3.05) is 25.1 Å². The molecule has 2 unspecified atom stereocenters. The van der Waals surface area contributed by atoms with Crippen molar-refractivity contribution >= 4 is 11.6 Å². The maximum Gasteiger partial charge on any atom is 0.231 e. The van der Waals surface area contributed by atoms with Crippen LogP contribution in [0.5, 0.6) is 0 Å². The Kier molecular flexibility index (Phi) is 4.33. The maximum absolute atomic E-state index is 12.1. The van der Waals surface area contributed by atoms with Gasteiger partial charge in [0, 0.05) is 19.3 Å². The lowest BCUT2D eigenvalue weighted by molar-refractivity contribution is -0.120. The Balaban J connectivity index is 1.91. The number of aryl methyl sites for hydroxylation is 1. The molecule has 6 nitrogen and oxygen atoms in total. The van der Waals surface area contributed by atoms with Crippen LogP contribution in [0.25, 0.3) is 0 Å². The van der Waals surface area contributed by atoms with Gasteiger partial charge in [-0.25, -0.2) is 0 Å². The van der Waals surface area contributed by atoms with Gasteiger partial charge in [0.15, 0.2) is 0 Å². The molecule has 18 heavy (non-hydrogen) atoms. The molecule has 1 fully saturated rings. The van der Waals surface area contributed by atoms with Crippen LogP contribution in [0.4, 0.5) is 5.69 Å². The van der Waals surface area contributed by atoms with Crippen molar-refractivity contribution in [1.29, 1.82) is 0 Å². The van der Waals surface area contributed by atoms with Gasteiger partial charge in [0.05, 0.1) is 31.0 Å². The molecule has 0 aromatic carbocycles. The molecular weight excluding hydrogens is 232 g/mol. The van der Waals surface area contributed by atoms with Gasteiger partial charge in [-0.05, 0) is 13.0 Å². The lowest BCUT2D eigenvalue weighted by Gasteiger charge is -2.17. The average molecular weight is 252 g/mol. The van der Waals surface area contributed by atoms with Crippen molar-refractivity contribution in [3.63, 3.8) is 0 Å². The molecule has 2 rings (SSSR count). The number of anilines is 1. The van der Waals surface area contributed by atoms with Crippen LogP contribution in [0.15, 0.2) is 12.4 Å². The third kappa shape index (κ3) is 3.08. The topological polar surface area (TPSA) is 68.2 Å². The minimum Gasteiger partial charge on any atom is -0.379 e. The SMILES string of the molecule is CCCNC1COCC1C(=O)Nc1cnn(C)c1. The van der Waals surface area contributed by atoms with E-state index in [0.717, 1.165) is 18.7 Å². The molecule has 100 valence electrons. The maximum atomic E-state index is 12.1. The molecule has 1 aliphatic heterocycles. The first-order valence-electron chi connectivity index (χ1n) is 6.31. The Bertz CT molecular complexity index is 405. The number of carbonyl (C=O) groups excluding carboxylic acids is 1. The summed E-state index contributed by atoms with van der Waals surface area (Å²) in [6.45, 7) is 4.09. The Morgan fingerprint density at radius 2 is 2.44 bits per heavy atom. The zero-order valence-corrected chi connectivity index (χ0v) is 10.8. The highest BCUT2D eigenvalue weighted by Crippen LogP contribution is 2.16. The summed E-state index contributed by atoms with van der Waals surface area (Å²) in [5.74, 6) is -0.133. The van der Waals surface area contributed by atoms with Crippen LogP contribution in [0.2, 0.25) is 0 Å². The lowest BCUT2D eigenvalue weighted by Crippen LogP contribution is -2.41. The summed E-state index contributed by atoms with van der Waals surface area (Å²) in [6.07, 6.45) is 4.47. The summed E-state index contributed by atoms with van der Waals surface area (Å²) in [5.41, 5.74) is 0.726. The van der Waals surface area contributed by atoms with Crippen LogP contribution in [0.3, 0.4) is 0 Å². The number of nitrogens with zero attached hydrogens (tertiary/aromatic N) is 2. The van der Waals surface area contributed by atoms with E-state index in [-0.39, 0.29) is 17.9 Å². The van der Waals surface area contributed by atoms with Crippen LogP contribution >= 0.6 is 0 Å². The van der Waals surface area contributed by atoms with Crippen molar-refractivity contribution in [1.82, 2.24) is 15.1 Å². The quantitative estimate of drug-likeness (QED) is 0.794. The number of hydrogen-bond acceptors (Lipinski definition) is 4. The van der Waals surface area contributed by atoms with Gasteiger partial charge in [0.2, 0.25) is 5.91 Å². The highest BCUT2D eigenvalue weighted by atomic mass is 16.5. The molecule has 1 aromatic heterocycles. The Labute approximate surface area is 107 Å². The van der Waals surface area contributed by atoms with Crippen molar-refractivity contribution in [2.45, 2.75) is 19.4 Å². The summed E-state index contributed by atoms with van der Waals surface area (Å²) in [4.78, 5) is 12.1. The van der Waals surface area contributed by atoms with Crippen LogP contribution in [-0.4, -0.2) is 41.5 Å². The van der Waals surface area contributed by atoms with Gasteiger partial charge in [-0.3, -0.25) is 9.48 Å². The van der Waals surface area contributed by atoms with E-state index in [0.29, 0.717) is 13.2 Å². The second kappa shape index (κ2) is 5.97. The van der Waals surface area contributed by atoms with Gasteiger partial charge in [0.1, 0.15) is 0 Å². The van der Waals surface area contributed by atoms with Crippen molar-refractivity contribution in [3.05, 3.63) is 12.4 Å². The van der Waals surface area contributed by atoms with E-state index in [2.05, 4.69) is 22.7 Å². The first-order valence-corrected chi connectivity index (χ1v) is 6.31. The van der Waals surface area contributed by atoms with E-state index in [4.69, 9.17) is 4.74 Å². The number of ether oxygens (including phenoxy) is 1. The van der Waals surface area contributed by atoms with Gasteiger partial charge in [-0.15, -0.1) is 0 Å². The zero-order valence-electron chi connectivity index (χ0n) is 10.8. The number of rotatable bonds is 5. The van der Waals surface area contributed by atoms with Gasteiger partial charge in [-0.2, -0.15) is 5.10 Å². The standard InChI is InChI=1S/C12H20N4O2/c1-3-4-13-11-8-18-7-10(11)12(17)15-9-5-14-16(2)6-9/h5-6,10-11,13H,3-4,7-8H2,1-2H3,(H,15,17). The van der Waals surface area contributed by atoms with Crippen LogP contribution in [0.1, 0.15) is 13.3 Å². The van der Waals surface area contributed by atoms with Crippen LogP contribution in [0, 0.1) is 5.92 Å². The molecule has 0 bridgehead atoms. The average Bonchev–Trinajstić information content (AvgIpc) is 2.95. The molecule has 1 saturated heterocycles. The largest absolute Gasteiger partial charge is 0.379 e. The molecule has 1 amide bonds. The highest BCUT2D eigenvalue weighted by molar-refractivity contribution is 5.93. The van der Waals surface area contributed by atoms with E-state index >= 15 is 0 Å². The van der Waals surface area contributed by atoms with Crippen LogP contribution < -0.4 is 10.6 Å². The van der Waals surface area contributed by atoms with Crippen molar-refractivity contribution < 1.29 is 9.53 Å². The van der Waals surface area contributed by atoms with Gasteiger partial charge >= 0.3 is 0 Å². The minimum atomic E-state index is -0.128. The monoisotopic (exact) mass is 252 g/mol. The lowest BCUT2D eigenvalue weighted by atomic mass is 10.0. The summed E-state index contributed by atoms with van der Waals surface area (Å²) < 4.78 is 7.05. The number of aromatic nitrogens is 2.